The average molecular weight is 306 g/mol. The molecule has 0 aliphatic rings. The summed E-state index contributed by atoms with van der Waals surface area (Å²) in [6.45, 7) is -0.0335. The highest BCUT2D eigenvalue weighted by atomic mass is 19.4. The molecule has 0 bridgehead atoms. The lowest BCUT2D eigenvalue weighted by Crippen LogP contribution is -2.32. The van der Waals surface area contributed by atoms with Crippen molar-refractivity contribution >= 4 is 11.8 Å². The largest absolute Gasteiger partial charge is 0.419 e. The van der Waals surface area contributed by atoms with E-state index in [9.17, 15) is 27.2 Å². The molecule has 0 spiro atoms. The normalized spacial score (nSPS) is 11.1. The molecule has 21 heavy (non-hydrogen) atoms. The lowest BCUT2D eigenvalue weighted by Gasteiger charge is -2.18. The number of nitrogens with one attached hydrogen (secondary N) is 1. The number of nitrogens with zero attached hydrogens (tertiary/aromatic N) is 1. The number of benzene rings is 1. The van der Waals surface area contributed by atoms with E-state index in [1.54, 1.807) is 0 Å². The number of rotatable bonds is 4. The van der Waals surface area contributed by atoms with Gasteiger partial charge in [-0.15, -0.1) is 0 Å². The van der Waals surface area contributed by atoms with E-state index in [0.29, 0.717) is 6.07 Å². The van der Waals surface area contributed by atoms with Gasteiger partial charge in [-0.3, -0.25) is 9.59 Å². The fraction of sp³-hybridized carbons (Fsp3) is 0.385. The van der Waals surface area contributed by atoms with Crippen molar-refractivity contribution in [2.24, 2.45) is 0 Å². The molecule has 8 heteroatoms. The van der Waals surface area contributed by atoms with E-state index in [1.807, 2.05) is 0 Å². The third-order valence-corrected chi connectivity index (χ3v) is 2.83. The Morgan fingerprint density at radius 3 is 2.43 bits per heavy atom. The molecular formula is C13H14F4N2O2. The fourth-order valence-corrected chi connectivity index (χ4v) is 1.62. The average Bonchev–Trinajstić information content (AvgIpc) is 2.42. The van der Waals surface area contributed by atoms with Gasteiger partial charge in [0.15, 0.2) is 0 Å². The number of hydrogen-bond donors (Lipinski definition) is 1. The molecule has 1 aromatic rings. The highest BCUT2D eigenvalue weighted by molar-refractivity contribution is 5.94. The molecule has 0 saturated heterocycles. The molecule has 0 fully saturated rings. The monoisotopic (exact) mass is 306 g/mol. The molecule has 0 radical (unpaired) electrons. The van der Waals surface area contributed by atoms with Crippen molar-refractivity contribution in [3.05, 3.63) is 35.1 Å². The lowest BCUT2D eigenvalue weighted by atomic mass is 10.1. The minimum Gasteiger partial charge on any atom is -0.359 e. The van der Waals surface area contributed by atoms with E-state index in [1.165, 1.54) is 14.1 Å². The van der Waals surface area contributed by atoms with Gasteiger partial charge in [-0.25, -0.2) is 4.39 Å². The van der Waals surface area contributed by atoms with Crippen LogP contribution in [-0.4, -0.2) is 37.4 Å². The van der Waals surface area contributed by atoms with Crippen LogP contribution in [0.25, 0.3) is 0 Å². The second kappa shape index (κ2) is 6.55. The highest BCUT2D eigenvalue weighted by Crippen LogP contribution is 2.32. The number of alkyl halides is 3. The molecule has 1 rings (SSSR count). The highest BCUT2D eigenvalue weighted by Gasteiger charge is 2.36. The van der Waals surface area contributed by atoms with Crippen molar-refractivity contribution in [1.29, 1.82) is 0 Å². The first-order valence-electron chi connectivity index (χ1n) is 6.00. The van der Waals surface area contributed by atoms with E-state index in [0.717, 1.165) is 17.0 Å². The number of amides is 2. The van der Waals surface area contributed by atoms with E-state index in [-0.39, 0.29) is 18.9 Å². The number of carbonyl (C=O) groups is 2. The number of carbonyl (C=O) groups excluding carboxylic acids is 2. The second-order valence-corrected chi connectivity index (χ2v) is 4.31. The van der Waals surface area contributed by atoms with Crippen LogP contribution in [0.5, 0.6) is 0 Å². The molecule has 4 nitrogen and oxygen atoms in total. The summed E-state index contributed by atoms with van der Waals surface area (Å²) in [5.74, 6) is -2.86. The third-order valence-electron chi connectivity index (χ3n) is 2.83. The Morgan fingerprint density at radius 2 is 1.90 bits per heavy atom. The summed E-state index contributed by atoms with van der Waals surface area (Å²) < 4.78 is 51.5. The van der Waals surface area contributed by atoms with Crippen molar-refractivity contribution in [3.63, 3.8) is 0 Å². The third kappa shape index (κ3) is 4.17. The number of hydrogen-bond acceptors (Lipinski definition) is 2. The van der Waals surface area contributed by atoms with Gasteiger partial charge < -0.3 is 10.2 Å². The number of halogens is 4. The maximum atomic E-state index is 13.8. The maximum Gasteiger partial charge on any atom is 0.419 e. The molecule has 0 aliphatic heterocycles. The summed E-state index contributed by atoms with van der Waals surface area (Å²) in [4.78, 5) is 24.0. The topological polar surface area (TPSA) is 49.4 Å². The summed E-state index contributed by atoms with van der Waals surface area (Å²) in [5.41, 5.74) is -2.17. The fourth-order valence-electron chi connectivity index (χ4n) is 1.62. The van der Waals surface area contributed by atoms with Crippen LogP contribution < -0.4 is 5.32 Å². The Bertz CT molecular complexity index is 543. The van der Waals surface area contributed by atoms with Crippen LogP contribution in [0.1, 0.15) is 22.3 Å². The Kier molecular flexibility index (Phi) is 5.28. The van der Waals surface area contributed by atoms with Gasteiger partial charge in [0.05, 0.1) is 11.1 Å². The quantitative estimate of drug-likeness (QED) is 0.866. The Morgan fingerprint density at radius 1 is 1.29 bits per heavy atom. The SMILES string of the molecule is CNC(=O)CCN(C)C(=O)c1cccc(C(F)(F)F)c1F. The molecule has 0 atom stereocenters. The predicted octanol–water partition coefficient (Wildman–Crippen LogP) is 2.05. The maximum absolute atomic E-state index is 13.8. The Balaban J connectivity index is 2.95. The van der Waals surface area contributed by atoms with Gasteiger partial charge in [-0.1, -0.05) is 6.07 Å². The van der Waals surface area contributed by atoms with Crippen LogP contribution in [-0.2, 0) is 11.0 Å². The predicted molar refractivity (Wildman–Crippen MR) is 67.0 cm³/mol. The van der Waals surface area contributed by atoms with Gasteiger partial charge >= 0.3 is 6.18 Å². The van der Waals surface area contributed by atoms with E-state index in [4.69, 9.17) is 0 Å². The first-order chi connectivity index (χ1) is 9.68. The zero-order valence-electron chi connectivity index (χ0n) is 11.4. The van der Waals surface area contributed by atoms with Crippen LogP contribution in [0.2, 0.25) is 0 Å². The molecule has 0 aliphatic carbocycles. The molecule has 0 heterocycles. The molecule has 2 amide bonds. The smallest absolute Gasteiger partial charge is 0.359 e. The van der Waals surface area contributed by atoms with Gasteiger partial charge in [-0.05, 0) is 12.1 Å². The van der Waals surface area contributed by atoms with Crippen LogP contribution in [0.4, 0.5) is 17.6 Å². The minimum absolute atomic E-state index is 0.0285. The van der Waals surface area contributed by atoms with E-state index < -0.39 is 29.0 Å². The standard InChI is InChI=1S/C13H14F4N2O2/c1-18-10(20)6-7-19(2)12(21)8-4-3-5-9(11(8)14)13(15,16)17/h3-5H,6-7H2,1-2H3,(H,18,20). The van der Waals surface area contributed by atoms with Gasteiger partial charge in [0.1, 0.15) is 5.82 Å². The van der Waals surface area contributed by atoms with Crippen LogP contribution in [0, 0.1) is 5.82 Å². The summed E-state index contributed by atoms with van der Waals surface area (Å²) in [7, 11) is 2.70. The molecule has 0 aromatic heterocycles. The van der Waals surface area contributed by atoms with Gasteiger partial charge in [0.2, 0.25) is 5.91 Å². The van der Waals surface area contributed by atoms with Crippen LogP contribution >= 0.6 is 0 Å². The molecule has 1 N–H and O–H groups in total. The van der Waals surface area contributed by atoms with E-state index >= 15 is 0 Å². The van der Waals surface area contributed by atoms with Crippen molar-refractivity contribution in [2.45, 2.75) is 12.6 Å². The van der Waals surface area contributed by atoms with Crippen LogP contribution in [0.3, 0.4) is 0 Å². The Hall–Kier alpha value is -2.12. The van der Waals surface area contributed by atoms with Crippen molar-refractivity contribution in [1.82, 2.24) is 10.2 Å². The zero-order valence-corrected chi connectivity index (χ0v) is 11.4. The summed E-state index contributed by atoms with van der Waals surface area (Å²) in [5, 5.41) is 2.34. The Labute approximate surface area is 118 Å². The summed E-state index contributed by atoms with van der Waals surface area (Å²) >= 11 is 0. The van der Waals surface area contributed by atoms with Gasteiger partial charge in [-0.2, -0.15) is 13.2 Å². The second-order valence-electron chi connectivity index (χ2n) is 4.31. The minimum atomic E-state index is -4.87. The summed E-state index contributed by atoms with van der Waals surface area (Å²) in [6.07, 6.45) is -4.90. The molecule has 0 unspecified atom stereocenters. The molecule has 1 aromatic carbocycles. The molecule has 0 saturated carbocycles. The van der Waals surface area contributed by atoms with E-state index in [2.05, 4.69) is 5.32 Å². The van der Waals surface area contributed by atoms with Crippen molar-refractivity contribution in [3.8, 4) is 0 Å². The van der Waals surface area contributed by atoms with Gasteiger partial charge in [0, 0.05) is 27.1 Å². The zero-order chi connectivity index (χ0) is 16.2. The van der Waals surface area contributed by atoms with Crippen molar-refractivity contribution < 1.29 is 27.2 Å². The van der Waals surface area contributed by atoms with Gasteiger partial charge in [0.25, 0.3) is 5.91 Å². The van der Waals surface area contributed by atoms with Crippen LogP contribution in [0.15, 0.2) is 18.2 Å². The summed E-state index contributed by atoms with van der Waals surface area (Å²) in [6, 6.07) is 2.51. The first-order valence-corrected chi connectivity index (χ1v) is 6.00. The first kappa shape index (κ1) is 16.9. The molecular weight excluding hydrogens is 292 g/mol. The van der Waals surface area contributed by atoms with Crippen molar-refractivity contribution in [2.75, 3.05) is 20.6 Å². The lowest BCUT2D eigenvalue weighted by molar-refractivity contribution is -0.140. The molecule has 116 valence electrons.